The van der Waals surface area contributed by atoms with Crippen LogP contribution in [0.25, 0.3) is 11.6 Å². The van der Waals surface area contributed by atoms with Crippen LogP contribution in [0.5, 0.6) is 5.75 Å². The van der Waals surface area contributed by atoms with Crippen molar-refractivity contribution in [2.24, 2.45) is 4.99 Å². The second kappa shape index (κ2) is 4.72. The Balaban J connectivity index is 2.12. The van der Waals surface area contributed by atoms with Gasteiger partial charge in [-0.05, 0) is 24.3 Å². The van der Waals surface area contributed by atoms with Crippen LogP contribution in [0.2, 0.25) is 10.0 Å². The first kappa shape index (κ1) is 12.3. The summed E-state index contributed by atoms with van der Waals surface area (Å²) in [5.41, 5.74) is 3.44. The highest BCUT2D eigenvalue weighted by Crippen LogP contribution is 2.36. The van der Waals surface area contributed by atoms with Crippen molar-refractivity contribution in [3.8, 4) is 5.75 Å². The molecule has 94 valence electrons. The van der Waals surface area contributed by atoms with E-state index in [1.54, 1.807) is 12.3 Å². The number of allylic oxidation sites excluding steroid dienone is 1. The molecular formula is C15H9Cl2NO. The Morgan fingerprint density at radius 1 is 1.11 bits per heavy atom. The lowest BCUT2D eigenvalue weighted by molar-refractivity contribution is 0.474. The summed E-state index contributed by atoms with van der Waals surface area (Å²) in [5, 5.41) is 10.7. The molecule has 0 radical (unpaired) electrons. The van der Waals surface area contributed by atoms with Crippen molar-refractivity contribution < 1.29 is 5.11 Å². The Labute approximate surface area is 120 Å². The van der Waals surface area contributed by atoms with Gasteiger partial charge in [-0.25, -0.2) is 0 Å². The van der Waals surface area contributed by atoms with Crippen molar-refractivity contribution in [3.63, 3.8) is 0 Å². The van der Waals surface area contributed by atoms with Gasteiger partial charge in [-0.15, -0.1) is 0 Å². The Kier molecular flexibility index (Phi) is 3.05. The third-order valence-electron chi connectivity index (χ3n) is 2.93. The molecule has 19 heavy (non-hydrogen) atoms. The van der Waals surface area contributed by atoms with Crippen LogP contribution in [0.3, 0.4) is 0 Å². The first-order chi connectivity index (χ1) is 9.15. The molecule has 2 aromatic carbocycles. The van der Waals surface area contributed by atoms with Gasteiger partial charge in [0, 0.05) is 27.9 Å². The molecule has 0 saturated heterocycles. The van der Waals surface area contributed by atoms with Gasteiger partial charge in [-0.1, -0.05) is 41.4 Å². The Bertz CT molecular complexity index is 720. The molecule has 1 aliphatic heterocycles. The molecule has 3 rings (SSSR count). The van der Waals surface area contributed by atoms with Gasteiger partial charge in [0.2, 0.25) is 0 Å². The lowest BCUT2D eigenvalue weighted by atomic mass is 10.0. The number of rotatable bonds is 1. The largest absolute Gasteiger partial charge is 0.506 e. The van der Waals surface area contributed by atoms with Crippen LogP contribution in [0, 0.1) is 0 Å². The number of benzene rings is 2. The topological polar surface area (TPSA) is 32.6 Å². The van der Waals surface area contributed by atoms with E-state index in [-0.39, 0.29) is 10.8 Å². The van der Waals surface area contributed by atoms with Crippen molar-refractivity contribution >= 4 is 46.8 Å². The number of para-hydroxylation sites is 1. The molecule has 0 aromatic heterocycles. The maximum atomic E-state index is 9.95. The van der Waals surface area contributed by atoms with Gasteiger partial charge in [-0.3, -0.25) is 4.99 Å². The number of phenolic OH excluding ortho intramolecular Hbond substituents is 1. The van der Waals surface area contributed by atoms with E-state index >= 15 is 0 Å². The average Bonchev–Trinajstić information content (AvgIpc) is 2.79. The molecule has 0 fully saturated rings. The number of nitrogens with zero attached hydrogens (tertiary/aromatic N) is 1. The second-order valence-corrected chi connectivity index (χ2v) is 5.04. The van der Waals surface area contributed by atoms with Crippen molar-refractivity contribution in [2.75, 3.05) is 0 Å². The molecule has 1 heterocycles. The normalized spacial score (nSPS) is 14.9. The quantitative estimate of drug-likeness (QED) is 0.791. The molecule has 0 unspecified atom stereocenters. The summed E-state index contributed by atoms with van der Waals surface area (Å²) >= 11 is 11.9. The van der Waals surface area contributed by atoms with Crippen molar-refractivity contribution in [2.45, 2.75) is 0 Å². The number of phenols is 1. The summed E-state index contributed by atoms with van der Waals surface area (Å²) in [5.74, 6) is 0.0244. The van der Waals surface area contributed by atoms with Crippen molar-refractivity contribution in [3.05, 3.63) is 57.6 Å². The van der Waals surface area contributed by atoms with E-state index in [0.717, 1.165) is 16.8 Å². The SMILES string of the molecule is Oc1c(Cl)cc(Cl)cc1C=C1C=Nc2ccccc21. The summed E-state index contributed by atoms with van der Waals surface area (Å²) in [4.78, 5) is 4.31. The van der Waals surface area contributed by atoms with Gasteiger partial charge in [-0.2, -0.15) is 0 Å². The number of halogens is 2. The summed E-state index contributed by atoms with van der Waals surface area (Å²) in [6, 6.07) is 11.0. The molecule has 0 saturated carbocycles. The van der Waals surface area contributed by atoms with Gasteiger partial charge >= 0.3 is 0 Å². The Morgan fingerprint density at radius 2 is 1.89 bits per heavy atom. The van der Waals surface area contributed by atoms with E-state index in [2.05, 4.69) is 4.99 Å². The fraction of sp³-hybridized carbons (Fsp3) is 0. The van der Waals surface area contributed by atoms with Crippen molar-refractivity contribution in [1.82, 2.24) is 0 Å². The van der Waals surface area contributed by atoms with Crippen LogP contribution in [0.4, 0.5) is 5.69 Å². The van der Waals surface area contributed by atoms with Crippen LogP contribution in [-0.4, -0.2) is 11.3 Å². The van der Waals surface area contributed by atoms with Crippen LogP contribution < -0.4 is 0 Å². The molecule has 0 spiro atoms. The predicted molar refractivity (Wildman–Crippen MR) is 80.6 cm³/mol. The Morgan fingerprint density at radius 3 is 2.74 bits per heavy atom. The first-order valence-electron chi connectivity index (χ1n) is 5.68. The smallest absolute Gasteiger partial charge is 0.141 e. The molecular weight excluding hydrogens is 281 g/mol. The van der Waals surface area contributed by atoms with Gasteiger partial charge in [0.25, 0.3) is 0 Å². The molecule has 0 amide bonds. The lowest BCUT2D eigenvalue weighted by Crippen LogP contribution is -1.83. The molecule has 1 N–H and O–H groups in total. The highest BCUT2D eigenvalue weighted by molar-refractivity contribution is 6.36. The zero-order valence-corrected chi connectivity index (χ0v) is 11.3. The van der Waals surface area contributed by atoms with Gasteiger partial charge in [0.15, 0.2) is 0 Å². The van der Waals surface area contributed by atoms with E-state index in [1.165, 1.54) is 6.07 Å². The molecule has 1 aliphatic rings. The minimum absolute atomic E-state index is 0.0244. The zero-order valence-electron chi connectivity index (χ0n) is 9.77. The standard InChI is InChI=1S/C15H9Cl2NO/c16-11-6-9(15(19)13(17)7-11)5-10-8-18-14-4-2-1-3-12(10)14/h1-8,19H. The first-order valence-corrected chi connectivity index (χ1v) is 6.44. The molecule has 0 aliphatic carbocycles. The zero-order chi connectivity index (χ0) is 13.4. The van der Waals surface area contributed by atoms with E-state index in [1.807, 2.05) is 30.3 Å². The van der Waals surface area contributed by atoms with Crippen LogP contribution in [-0.2, 0) is 0 Å². The van der Waals surface area contributed by atoms with Crippen molar-refractivity contribution in [1.29, 1.82) is 0 Å². The molecule has 2 aromatic rings. The summed E-state index contributed by atoms with van der Waals surface area (Å²) < 4.78 is 0. The van der Waals surface area contributed by atoms with E-state index in [0.29, 0.717) is 10.6 Å². The summed E-state index contributed by atoms with van der Waals surface area (Å²) in [7, 11) is 0. The van der Waals surface area contributed by atoms with Crippen LogP contribution in [0.15, 0.2) is 41.4 Å². The molecule has 0 bridgehead atoms. The average molecular weight is 290 g/mol. The molecule has 4 heteroatoms. The maximum Gasteiger partial charge on any atom is 0.141 e. The fourth-order valence-electron chi connectivity index (χ4n) is 2.02. The minimum Gasteiger partial charge on any atom is -0.506 e. The highest BCUT2D eigenvalue weighted by atomic mass is 35.5. The van der Waals surface area contributed by atoms with Crippen LogP contribution >= 0.6 is 23.2 Å². The summed E-state index contributed by atoms with van der Waals surface area (Å²) in [6.45, 7) is 0. The predicted octanol–water partition coefficient (Wildman–Crippen LogP) is 4.96. The number of hydrogen-bond donors (Lipinski definition) is 1. The number of aromatic hydroxyl groups is 1. The third kappa shape index (κ3) is 2.25. The van der Waals surface area contributed by atoms with Crippen LogP contribution in [0.1, 0.15) is 11.1 Å². The van der Waals surface area contributed by atoms with Gasteiger partial charge < -0.3 is 5.11 Å². The van der Waals surface area contributed by atoms with E-state index in [9.17, 15) is 5.11 Å². The number of hydrogen-bond acceptors (Lipinski definition) is 2. The second-order valence-electron chi connectivity index (χ2n) is 4.20. The number of aliphatic imine (C=N–C) groups is 1. The molecule has 0 atom stereocenters. The maximum absolute atomic E-state index is 9.95. The monoisotopic (exact) mass is 289 g/mol. The van der Waals surface area contributed by atoms with Gasteiger partial charge in [0.1, 0.15) is 5.75 Å². The van der Waals surface area contributed by atoms with E-state index in [4.69, 9.17) is 23.2 Å². The lowest BCUT2D eigenvalue weighted by Gasteiger charge is -2.04. The highest BCUT2D eigenvalue weighted by Gasteiger charge is 2.13. The van der Waals surface area contributed by atoms with Gasteiger partial charge in [0.05, 0.1) is 10.7 Å². The fourth-order valence-corrected chi connectivity index (χ4v) is 2.53. The minimum atomic E-state index is 0.0244. The summed E-state index contributed by atoms with van der Waals surface area (Å²) in [6.07, 6.45) is 3.58. The molecule has 2 nitrogen and oxygen atoms in total. The third-order valence-corrected chi connectivity index (χ3v) is 3.43. The van der Waals surface area contributed by atoms with E-state index < -0.39 is 0 Å². The number of fused-ring (bicyclic) bond motifs is 1. The Hall–Kier alpha value is -1.77.